The molecule has 4 nitrogen and oxygen atoms in total. The molecular formula is C15H25FIN3O. The Kier molecular flexibility index (Phi) is 11.0. The topological polar surface area (TPSA) is 45.7 Å². The average molecular weight is 409 g/mol. The van der Waals surface area contributed by atoms with E-state index in [2.05, 4.69) is 22.5 Å². The van der Waals surface area contributed by atoms with Crippen molar-refractivity contribution in [2.75, 3.05) is 20.1 Å². The summed E-state index contributed by atoms with van der Waals surface area (Å²) in [5.41, 5.74) is 0. The molecule has 0 fully saturated rings. The van der Waals surface area contributed by atoms with E-state index < -0.39 is 0 Å². The fraction of sp³-hybridized carbons (Fsp3) is 0.533. The van der Waals surface area contributed by atoms with Crippen LogP contribution in [-0.2, 0) is 0 Å². The van der Waals surface area contributed by atoms with Crippen molar-refractivity contribution in [3.8, 4) is 5.75 Å². The van der Waals surface area contributed by atoms with Gasteiger partial charge in [-0.1, -0.05) is 19.4 Å². The van der Waals surface area contributed by atoms with Crippen molar-refractivity contribution in [3.05, 3.63) is 30.1 Å². The summed E-state index contributed by atoms with van der Waals surface area (Å²) in [5.74, 6) is 1.00. The fourth-order valence-corrected chi connectivity index (χ4v) is 1.66. The monoisotopic (exact) mass is 409 g/mol. The third-order valence-corrected chi connectivity index (χ3v) is 2.74. The molecule has 0 amide bonds. The summed E-state index contributed by atoms with van der Waals surface area (Å²) in [6.07, 6.45) is 2.17. The van der Waals surface area contributed by atoms with E-state index in [1.807, 2.05) is 6.92 Å². The number of nitrogens with one attached hydrogen (secondary N) is 2. The highest BCUT2D eigenvalue weighted by Gasteiger charge is 2.06. The molecule has 0 aliphatic heterocycles. The van der Waals surface area contributed by atoms with E-state index in [9.17, 15) is 4.39 Å². The maximum Gasteiger partial charge on any atom is 0.191 e. The standard InChI is InChI=1S/C15H24FN3O.HI/c1-4-5-9-18-15(17-3)19-11-12(2)20-14-8-6-7-13(16)10-14;/h6-8,10,12H,4-5,9,11H2,1-3H3,(H2,17,18,19);1H. The number of guanidine groups is 1. The predicted octanol–water partition coefficient (Wildman–Crippen LogP) is 3.18. The Morgan fingerprint density at radius 2 is 2.14 bits per heavy atom. The van der Waals surface area contributed by atoms with Crippen LogP contribution in [0.3, 0.4) is 0 Å². The smallest absolute Gasteiger partial charge is 0.191 e. The molecule has 1 aromatic rings. The van der Waals surface area contributed by atoms with Gasteiger partial charge in [0.15, 0.2) is 5.96 Å². The molecule has 21 heavy (non-hydrogen) atoms. The quantitative estimate of drug-likeness (QED) is 0.315. The maximum absolute atomic E-state index is 13.0. The minimum Gasteiger partial charge on any atom is -0.489 e. The zero-order valence-electron chi connectivity index (χ0n) is 12.9. The molecule has 1 unspecified atom stereocenters. The molecule has 2 N–H and O–H groups in total. The number of unbranched alkanes of at least 4 members (excludes halogenated alkanes) is 1. The van der Waals surface area contributed by atoms with E-state index in [-0.39, 0.29) is 35.9 Å². The lowest BCUT2D eigenvalue weighted by Gasteiger charge is -2.17. The van der Waals surface area contributed by atoms with E-state index in [1.165, 1.54) is 12.1 Å². The van der Waals surface area contributed by atoms with Crippen molar-refractivity contribution in [1.29, 1.82) is 0 Å². The van der Waals surface area contributed by atoms with Crippen molar-refractivity contribution >= 4 is 29.9 Å². The lowest BCUT2D eigenvalue weighted by Crippen LogP contribution is -2.42. The Morgan fingerprint density at radius 3 is 2.76 bits per heavy atom. The van der Waals surface area contributed by atoms with Crippen molar-refractivity contribution in [2.45, 2.75) is 32.8 Å². The lowest BCUT2D eigenvalue weighted by molar-refractivity contribution is 0.223. The zero-order valence-corrected chi connectivity index (χ0v) is 15.2. The van der Waals surface area contributed by atoms with Crippen molar-refractivity contribution in [3.63, 3.8) is 0 Å². The normalized spacial score (nSPS) is 12.3. The van der Waals surface area contributed by atoms with Gasteiger partial charge < -0.3 is 15.4 Å². The van der Waals surface area contributed by atoms with Crippen LogP contribution in [0.2, 0.25) is 0 Å². The van der Waals surface area contributed by atoms with Gasteiger partial charge in [-0.05, 0) is 25.5 Å². The Bertz CT molecular complexity index is 429. The summed E-state index contributed by atoms with van der Waals surface area (Å²) >= 11 is 0. The van der Waals surface area contributed by atoms with Gasteiger partial charge in [0.1, 0.15) is 17.7 Å². The third kappa shape index (κ3) is 8.75. The van der Waals surface area contributed by atoms with Crippen LogP contribution < -0.4 is 15.4 Å². The molecule has 0 saturated heterocycles. The number of hydrogen-bond donors (Lipinski definition) is 2. The van der Waals surface area contributed by atoms with Gasteiger partial charge in [-0.25, -0.2) is 4.39 Å². The molecule has 0 aromatic heterocycles. The Morgan fingerprint density at radius 1 is 1.38 bits per heavy atom. The van der Waals surface area contributed by atoms with Crippen molar-refractivity contribution < 1.29 is 9.13 Å². The SMILES string of the molecule is CCCCNC(=NC)NCC(C)Oc1cccc(F)c1.I. The second kappa shape index (κ2) is 11.6. The van der Waals surface area contributed by atoms with E-state index >= 15 is 0 Å². The first kappa shape index (κ1) is 19.9. The molecule has 1 atom stereocenters. The Balaban J connectivity index is 0.00000400. The first-order chi connectivity index (χ1) is 9.65. The van der Waals surface area contributed by atoms with Crippen LogP contribution in [0.1, 0.15) is 26.7 Å². The number of halogens is 2. The van der Waals surface area contributed by atoms with E-state index in [1.54, 1.807) is 19.2 Å². The number of nitrogens with zero attached hydrogens (tertiary/aromatic N) is 1. The van der Waals surface area contributed by atoms with Crippen LogP contribution in [0.25, 0.3) is 0 Å². The predicted molar refractivity (Wildman–Crippen MR) is 96.2 cm³/mol. The van der Waals surface area contributed by atoms with Gasteiger partial charge in [0, 0.05) is 19.7 Å². The highest BCUT2D eigenvalue weighted by atomic mass is 127. The molecule has 120 valence electrons. The van der Waals surface area contributed by atoms with Crippen LogP contribution in [0.5, 0.6) is 5.75 Å². The summed E-state index contributed by atoms with van der Waals surface area (Å²) in [6.45, 7) is 5.57. The third-order valence-electron chi connectivity index (χ3n) is 2.74. The highest BCUT2D eigenvalue weighted by molar-refractivity contribution is 14.0. The second-order valence-corrected chi connectivity index (χ2v) is 4.62. The molecular weight excluding hydrogens is 384 g/mol. The molecule has 1 aromatic carbocycles. The van der Waals surface area contributed by atoms with E-state index in [4.69, 9.17) is 4.74 Å². The summed E-state index contributed by atoms with van der Waals surface area (Å²) in [4.78, 5) is 4.13. The number of hydrogen-bond acceptors (Lipinski definition) is 2. The first-order valence-electron chi connectivity index (χ1n) is 7.02. The number of rotatable bonds is 7. The minimum absolute atomic E-state index is 0. The largest absolute Gasteiger partial charge is 0.489 e. The Labute approximate surface area is 143 Å². The summed E-state index contributed by atoms with van der Waals surface area (Å²) < 4.78 is 18.7. The number of aliphatic imine (C=N–C) groups is 1. The molecule has 0 aliphatic carbocycles. The van der Waals surface area contributed by atoms with E-state index in [0.717, 1.165) is 25.3 Å². The fourth-order valence-electron chi connectivity index (χ4n) is 1.66. The average Bonchev–Trinajstić information content (AvgIpc) is 2.42. The van der Waals surface area contributed by atoms with Crippen LogP contribution in [0, 0.1) is 5.82 Å². The summed E-state index contributed by atoms with van der Waals surface area (Å²) in [6, 6.07) is 6.16. The molecule has 6 heteroatoms. The molecule has 0 spiro atoms. The second-order valence-electron chi connectivity index (χ2n) is 4.62. The van der Waals surface area contributed by atoms with Crippen molar-refractivity contribution in [1.82, 2.24) is 10.6 Å². The van der Waals surface area contributed by atoms with Crippen LogP contribution in [0.15, 0.2) is 29.3 Å². The van der Waals surface area contributed by atoms with Gasteiger partial charge in [0.2, 0.25) is 0 Å². The first-order valence-corrected chi connectivity index (χ1v) is 7.02. The maximum atomic E-state index is 13.0. The molecule has 0 heterocycles. The van der Waals surface area contributed by atoms with Gasteiger partial charge in [0.05, 0.1) is 6.54 Å². The molecule has 0 bridgehead atoms. The van der Waals surface area contributed by atoms with Gasteiger partial charge in [-0.2, -0.15) is 0 Å². The molecule has 1 rings (SSSR count). The van der Waals surface area contributed by atoms with Gasteiger partial charge in [-0.15, -0.1) is 24.0 Å². The molecule has 0 saturated carbocycles. The van der Waals surface area contributed by atoms with Gasteiger partial charge >= 0.3 is 0 Å². The number of benzene rings is 1. The lowest BCUT2D eigenvalue weighted by atomic mass is 10.3. The molecule has 0 aliphatic rings. The minimum atomic E-state index is -0.292. The van der Waals surface area contributed by atoms with Crippen LogP contribution >= 0.6 is 24.0 Å². The van der Waals surface area contributed by atoms with E-state index in [0.29, 0.717) is 12.3 Å². The van der Waals surface area contributed by atoms with Gasteiger partial charge in [0.25, 0.3) is 0 Å². The summed E-state index contributed by atoms with van der Waals surface area (Å²) in [5, 5.41) is 6.41. The van der Waals surface area contributed by atoms with Crippen LogP contribution in [0.4, 0.5) is 4.39 Å². The van der Waals surface area contributed by atoms with Crippen LogP contribution in [-0.4, -0.2) is 32.2 Å². The highest BCUT2D eigenvalue weighted by Crippen LogP contribution is 2.13. The molecule has 0 radical (unpaired) electrons. The van der Waals surface area contributed by atoms with Gasteiger partial charge in [-0.3, -0.25) is 4.99 Å². The Hall–Kier alpha value is -1.05. The summed E-state index contributed by atoms with van der Waals surface area (Å²) in [7, 11) is 1.74. The van der Waals surface area contributed by atoms with Crippen molar-refractivity contribution in [2.24, 2.45) is 4.99 Å². The zero-order chi connectivity index (χ0) is 14.8. The number of ether oxygens (including phenoxy) is 1.